The zero-order valence-corrected chi connectivity index (χ0v) is 11.9. The van der Waals surface area contributed by atoms with Crippen LogP contribution in [0.3, 0.4) is 0 Å². The molecule has 0 aliphatic heterocycles. The van der Waals surface area contributed by atoms with Gasteiger partial charge in [-0.25, -0.2) is 0 Å². The fraction of sp³-hybridized carbons (Fsp3) is 0.364. The van der Waals surface area contributed by atoms with Gasteiger partial charge in [-0.3, -0.25) is 4.79 Å². The van der Waals surface area contributed by atoms with Crippen LogP contribution in [0.25, 0.3) is 0 Å². The van der Waals surface area contributed by atoms with Crippen molar-refractivity contribution in [3.05, 3.63) is 33.8 Å². The van der Waals surface area contributed by atoms with Gasteiger partial charge in [0.05, 0.1) is 11.3 Å². The molecule has 2 nitrogen and oxygen atoms in total. The van der Waals surface area contributed by atoms with Crippen LogP contribution in [0.5, 0.6) is 0 Å². The van der Waals surface area contributed by atoms with Crippen molar-refractivity contribution in [3.8, 4) is 0 Å². The summed E-state index contributed by atoms with van der Waals surface area (Å²) in [6.07, 6.45) is -2.68. The topological polar surface area (TPSA) is 29.1 Å². The third-order valence-corrected chi connectivity index (χ3v) is 3.17. The van der Waals surface area contributed by atoms with Gasteiger partial charge in [0.2, 0.25) is 5.91 Å². The lowest BCUT2D eigenvalue weighted by atomic mass is 10.1. The zero-order valence-electron chi connectivity index (χ0n) is 9.47. The lowest BCUT2D eigenvalue weighted by Gasteiger charge is -2.13. The van der Waals surface area contributed by atoms with E-state index in [-0.39, 0.29) is 23.8 Å². The number of nitrogens with one attached hydrogen (secondary N) is 1. The van der Waals surface area contributed by atoms with E-state index in [0.29, 0.717) is 4.47 Å². The third kappa shape index (κ3) is 4.53. The molecule has 1 N–H and O–H groups in total. The number of rotatable bonds is 4. The maximum atomic E-state index is 12.8. The van der Waals surface area contributed by atoms with Crippen LogP contribution >= 0.6 is 27.7 Å². The first-order valence-corrected chi connectivity index (χ1v) is 7.14. The number of alkyl halides is 3. The number of amides is 1. The molecule has 1 aromatic carbocycles. The lowest BCUT2D eigenvalue weighted by Crippen LogP contribution is -2.26. The van der Waals surface area contributed by atoms with Gasteiger partial charge in [0, 0.05) is 11.0 Å². The average Bonchev–Trinajstić information content (AvgIpc) is 2.26. The molecule has 0 aromatic heterocycles. The Kier molecular flexibility index (Phi) is 5.52. The highest BCUT2D eigenvalue weighted by Gasteiger charge is 2.33. The smallest absolute Gasteiger partial charge is 0.351 e. The number of carbonyl (C=O) groups excluding carboxylic acids is 1. The molecule has 0 atom stereocenters. The van der Waals surface area contributed by atoms with Gasteiger partial charge in [-0.15, -0.1) is 0 Å². The minimum absolute atomic E-state index is 0.0557. The summed E-state index contributed by atoms with van der Waals surface area (Å²) in [7, 11) is 0. The average molecular weight is 342 g/mol. The highest BCUT2D eigenvalue weighted by Crippen LogP contribution is 2.33. The Morgan fingerprint density at radius 1 is 1.44 bits per heavy atom. The molecule has 1 amide bonds. The molecule has 0 saturated carbocycles. The van der Waals surface area contributed by atoms with Crippen molar-refractivity contribution < 1.29 is 18.0 Å². The normalized spacial score (nSPS) is 11.4. The van der Waals surface area contributed by atoms with Gasteiger partial charge in [-0.1, -0.05) is 22.0 Å². The van der Waals surface area contributed by atoms with Crippen LogP contribution < -0.4 is 5.32 Å². The summed E-state index contributed by atoms with van der Waals surface area (Å²) in [4.78, 5) is 11.2. The molecule has 0 saturated heterocycles. The van der Waals surface area contributed by atoms with E-state index >= 15 is 0 Å². The van der Waals surface area contributed by atoms with E-state index in [1.54, 1.807) is 6.26 Å². The molecule has 1 aromatic rings. The zero-order chi connectivity index (χ0) is 13.8. The number of halogens is 4. The Morgan fingerprint density at radius 3 is 2.67 bits per heavy atom. The second-order valence-corrected chi connectivity index (χ2v) is 5.29. The molecule has 1 rings (SSSR count). The van der Waals surface area contributed by atoms with E-state index in [1.165, 1.54) is 23.9 Å². The van der Waals surface area contributed by atoms with Crippen molar-refractivity contribution in [2.75, 3.05) is 12.0 Å². The van der Waals surface area contributed by atoms with Crippen molar-refractivity contribution in [2.45, 2.75) is 12.7 Å². The first kappa shape index (κ1) is 15.4. The van der Waals surface area contributed by atoms with Gasteiger partial charge < -0.3 is 5.32 Å². The van der Waals surface area contributed by atoms with Crippen molar-refractivity contribution in [2.24, 2.45) is 0 Å². The maximum Gasteiger partial charge on any atom is 0.416 e. The van der Waals surface area contributed by atoms with Crippen LogP contribution in [0.2, 0.25) is 0 Å². The molecule has 0 unspecified atom stereocenters. The lowest BCUT2D eigenvalue weighted by molar-refractivity contribution is -0.138. The predicted molar refractivity (Wildman–Crippen MR) is 69.4 cm³/mol. The summed E-state index contributed by atoms with van der Waals surface area (Å²) in [6.45, 7) is -0.123. The molecule has 7 heteroatoms. The van der Waals surface area contributed by atoms with Gasteiger partial charge >= 0.3 is 6.18 Å². The first-order chi connectivity index (χ1) is 8.34. The molecular formula is C11H11BrF3NOS. The van der Waals surface area contributed by atoms with Crippen LogP contribution in [0, 0.1) is 0 Å². The molecule has 0 heterocycles. The van der Waals surface area contributed by atoms with Gasteiger partial charge in [0.1, 0.15) is 0 Å². The van der Waals surface area contributed by atoms with Crippen LogP contribution in [0.15, 0.2) is 22.7 Å². The van der Waals surface area contributed by atoms with E-state index in [4.69, 9.17) is 0 Å². The summed E-state index contributed by atoms with van der Waals surface area (Å²) < 4.78 is 38.6. The second-order valence-electron chi connectivity index (χ2n) is 3.51. The van der Waals surface area contributed by atoms with Crippen molar-refractivity contribution in [3.63, 3.8) is 0 Å². The van der Waals surface area contributed by atoms with Crippen molar-refractivity contribution in [1.29, 1.82) is 0 Å². The fourth-order valence-corrected chi connectivity index (χ4v) is 2.07. The highest BCUT2D eigenvalue weighted by molar-refractivity contribution is 9.10. The Hall–Kier alpha value is -0.690. The summed E-state index contributed by atoms with van der Waals surface area (Å²) in [5.74, 6) is -0.0451. The molecular weight excluding hydrogens is 331 g/mol. The van der Waals surface area contributed by atoms with Crippen LogP contribution in [0.1, 0.15) is 11.1 Å². The first-order valence-electron chi connectivity index (χ1n) is 4.96. The van der Waals surface area contributed by atoms with E-state index in [9.17, 15) is 18.0 Å². The summed E-state index contributed by atoms with van der Waals surface area (Å²) in [5.41, 5.74) is -0.679. The summed E-state index contributed by atoms with van der Waals surface area (Å²) in [5, 5.41) is 2.46. The predicted octanol–water partition coefficient (Wildman–Crippen LogP) is 3.45. The van der Waals surface area contributed by atoms with Gasteiger partial charge in [0.25, 0.3) is 0 Å². The molecule has 0 aliphatic rings. The minimum Gasteiger partial charge on any atom is -0.351 e. The summed E-state index contributed by atoms with van der Waals surface area (Å²) >= 11 is 4.32. The van der Waals surface area contributed by atoms with Gasteiger partial charge in [-0.2, -0.15) is 24.9 Å². The number of hydrogen-bond acceptors (Lipinski definition) is 2. The number of thioether (sulfide) groups is 1. The largest absolute Gasteiger partial charge is 0.416 e. The quantitative estimate of drug-likeness (QED) is 0.908. The fourth-order valence-electron chi connectivity index (χ4n) is 1.34. The SMILES string of the molecule is CSCC(=O)NCc1ccc(Br)cc1C(F)(F)F. The molecule has 0 aliphatic carbocycles. The minimum atomic E-state index is -4.43. The molecule has 0 fully saturated rings. The monoisotopic (exact) mass is 341 g/mol. The summed E-state index contributed by atoms with van der Waals surface area (Å²) in [6, 6.07) is 3.88. The van der Waals surface area contributed by atoms with Crippen molar-refractivity contribution in [1.82, 2.24) is 5.32 Å². The Labute approximate surface area is 115 Å². The van der Waals surface area contributed by atoms with Gasteiger partial charge in [0.15, 0.2) is 0 Å². The van der Waals surface area contributed by atoms with Crippen molar-refractivity contribution >= 4 is 33.6 Å². The van der Waals surface area contributed by atoms with E-state index < -0.39 is 11.7 Å². The Morgan fingerprint density at radius 2 is 2.11 bits per heavy atom. The van der Waals surface area contributed by atoms with Gasteiger partial charge in [-0.05, 0) is 24.0 Å². The molecule has 18 heavy (non-hydrogen) atoms. The maximum absolute atomic E-state index is 12.8. The number of hydrogen-bond donors (Lipinski definition) is 1. The molecule has 0 bridgehead atoms. The standard InChI is InChI=1S/C11H11BrF3NOS/c1-18-6-10(17)16-5-7-2-3-8(12)4-9(7)11(13,14)15/h2-4H,5-6H2,1H3,(H,16,17). The number of benzene rings is 1. The molecule has 100 valence electrons. The second kappa shape index (κ2) is 6.47. The van der Waals surface area contributed by atoms with E-state index in [1.807, 2.05) is 0 Å². The molecule has 0 radical (unpaired) electrons. The van der Waals surface area contributed by atoms with Crippen LogP contribution in [0.4, 0.5) is 13.2 Å². The Balaban J connectivity index is 2.85. The van der Waals surface area contributed by atoms with Crippen LogP contribution in [-0.2, 0) is 17.5 Å². The Bertz CT molecular complexity index is 437. The van der Waals surface area contributed by atoms with E-state index in [2.05, 4.69) is 21.2 Å². The highest BCUT2D eigenvalue weighted by atomic mass is 79.9. The molecule has 0 spiro atoms. The van der Waals surface area contributed by atoms with Crippen LogP contribution in [-0.4, -0.2) is 17.9 Å². The third-order valence-electron chi connectivity index (χ3n) is 2.13. The number of carbonyl (C=O) groups is 1. The van der Waals surface area contributed by atoms with E-state index in [0.717, 1.165) is 6.07 Å².